The van der Waals surface area contributed by atoms with Gasteiger partial charge in [0, 0.05) is 0 Å². The van der Waals surface area contributed by atoms with E-state index in [1.807, 2.05) is 49.4 Å². The van der Waals surface area contributed by atoms with E-state index in [2.05, 4.69) is 10.2 Å². The van der Waals surface area contributed by atoms with E-state index in [1.165, 1.54) is 0 Å². The number of para-hydroxylation sites is 1. The van der Waals surface area contributed by atoms with Crippen LogP contribution >= 0.6 is 17.0 Å². The van der Waals surface area contributed by atoms with Gasteiger partial charge >= 0.3 is 37.9 Å². The predicted octanol–water partition coefficient (Wildman–Crippen LogP) is 5.36. The molecule has 0 saturated carbocycles. The number of phenols is 1. The number of phenolic OH excluding ortho intramolecular Hbond substituents is 1. The molecule has 0 saturated heterocycles. The first kappa shape index (κ1) is 17.4. The van der Waals surface area contributed by atoms with Gasteiger partial charge in [-0.2, -0.15) is 10.2 Å². The van der Waals surface area contributed by atoms with E-state index >= 15 is 0 Å². The Morgan fingerprint density at radius 3 is 2.35 bits per heavy atom. The average molecular weight is 388 g/mol. The zero-order chi connectivity index (χ0) is 14.8. The molecule has 1 N–H and O–H groups in total. The van der Waals surface area contributed by atoms with Gasteiger partial charge in [-0.25, -0.2) is 0 Å². The molecule has 2 aromatic rings. The Morgan fingerprint density at radius 2 is 1.70 bits per heavy atom. The molecule has 0 atom stereocenters. The van der Waals surface area contributed by atoms with Crippen LogP contribution in [0.1, 0.15) is 11.1 Å². The van der Waals surface area contributed by atoms with Crippen molar-refractivity contribution in [3.05, 3.63) is 59.7 Å². The van der Waals surface area contributed by atoms with Gasteiger partial charge in [-0.3, -0.25) is 0 Å². The van der Waals surface area contributed by atoms with E-state index in [1.54, 1.807) is 6.07 Å². The number of aryl methyl sites for hydroxylation is 1. The molecule has 0 aliphatic heterocycles. The van der Waals surface area contributed by atoms with Crippen molar-refractivity contribution in [3.8, 4) is 5.75 Å². The Kier molecular flexibility index (Phi) is 8.76. The van der Waals surface area contributed by atoms with E-state index in [0.29, 0.717) is 12.2 Å². The number of hydrogen-bond donors (Lipinski definition) is 1. The molecule has 0 bridgehead atoms. The molecule has 0 aliphatic rings. The summed E-state index contributed by atoms with van der Waals surface area (Å²) >= 11 is -0.826. The van der Waals surface area contributed by atoms with Crippen molar-refractivity contribution < 1.29 is 26.0 Å². The van der Waals surface area contributed by atoms with Gasteiger partial charge in [0.2, 0.25) is 0 Å². The summed E-state index contributed by atoms with van der Waals surface area (Å²) in [7, 11) is 9.87. The summed E-state index contributed by atoms with van der Waals surface area (Å²) < 4.78 is 0. The second kappa shape index (κ2) is 10.1. The van der Waals surface area contributed by atoms with Crippen LogP contribution < -0.4 is 0 Å². The first-order valence-electron chi connectivity index (χ1n) is 5.85. The van der Waals surface area contributed by atoms with Crippen LogP contribution in [0.2, 0.25) is 0 Å². The van der Waals surface area contributed by atoms with Crippen LogP contribution in [0.4, 0.5) is 5.69 Å². The second-order valence-electron chi connectivity index (χ2n) is 3.90. The second-order valence-corrected chi connectivity index (χ2v) is 7.63. The average Bonchev–Trinajstić information content (AvgIpc) is 2.45. The summed E-state index contributed by atoms with van der Waals surface area (Å²) in [4.78, 5) is 0. The minimum atomic E-state index is -0.826. The van der Waals surface area contributed by atoms with Crippen molar-refractivity contribution in [2.75, 3.05) is 0 Å². The van der Waals surface area contributed by atoms with E-state index in [9.17, 15) is 5.11 Å². The molecule has 3 nitrogen and oxygen atoms in total. The van der Waals surface area contributed by atoms with Gasteiger partial charge in [0.1, 0.15) is 11.4 Å². The molecule has 6 heteroatoms. The molecule has 0 amide bonds. The number of halogens is 2. The molecule has 0 spiro atoms. The Hall–Kier alpha value is -0.697. The molecule has 0 aromatic heterocycles. The quantitative estimate of drug-likeness (QED) is 0.707. The molecule has 104 valence electrons. The Morgan fingerprint density at radius 1 is 1.05 bits per heavy atom. The van der Waals surface area contributed by atoms with Crippen LogP contribution in [0.5, 0.6) is 5.75 Å². The zero-order valence-corrected chi connectivity index (χ0v) is 14.9. The first-order valence-corrected chi connectivity index (χ1v) is 12.2. The van der Waals surface area contributed by atoms with Crippen LogP contribution in [0.25, 0.3) is 0 Å². The van der Waals surface area contributed by atoms with Crippen LogP contribution in [0.3, 0.4) is 0 Å². The molecule has 0 unspecified atom stereocenters. The fourth-order valence-corrected chi connectivity index (χ4v) is 1.50. The molecule has 0 heterocycles. The van der Waals surface area contributed by atoms with Crippen molar-refractivity contribution >= 4 is 22.7 Å². The SMILES string of the molecule is Cc1cccc(N=NCc2ccccc2)c1O.[Cl][Zr][Cl]. The molecular weight excluding hydrogens is 374 g/mol. The Labute approximate surface area is 137 Å². The summed E-state index contributed by atoms with van der Waals surface area (Å²) in [5.74, 6) is 0.198. The monoisotopic (exact) mass is 386 g/mol. The van der Waals surface area contributed by atoms with Crippen molar-refractivity contribution in [1.82, 2.24) is 0 Å². The van der Waals surface area contributed by atoms with Gasteiger partial charge in [-0.05, 0) is 24.1 Å². The number of hydrogen-bond acceptors (Lipinski definition) is 3. The summed E-state index contributed by atoms with van der Waals surface area (Å²) in [6, 6.07) is 15.3. The Bertz CT molecular complexity index is 550. The van der Waals surface area contributed by atoms with E-state index in [4.69, 9.17) is 17.0 Å². The molecule has 20 heavy (non-hydrogen) atoms. The summed E-state index contributed by atoms with van der Waals surface area (Å²) in [6.45, 7) is 2.36. The third-order valence-corrected chi connectivity index (χ3v) is 2.49. The van der Waals surface area contributed by atoms with Crippen molar-refractivity contribution in [2.45, 2.75) is 13.5 Å². The minimum absolute atomic E-state index is 0.198. The summed E-state index contributed by atoms with van der Waals surface area (Å²) in [5, 5.41) is 17.9. The van der Waals surface area contributed by atoms with Gasteiger partial charge in [0.25, 0.3) is 0 Å². The third kappa shape index (κ3) is 6.17. The van der Waals surface area contributed by atoms with Crippen LogP contribution in [-0.2, 0) is 27.4 Å². The number of azo groups is 1. The fraction of sp³-hybridized carbons (Fsp3) is 0.143. The van der Waals surface area contributed by atoms with E-state index in [-0.39, 0.29) is 5.75 Å². The molecule has 0 aliphatic carbocycles. The van der Waals surface area contributed by atoms with Crippen LogP contribution in [0.15, 0.2) is 58.8 Å². The van der Waals surface area contributed by atoms with Gasteiger partial charge < -0.3 is 5.11 Å². The summed E-state index contributed by atoms with van der Waals surface area (Å²) in [6.07, 6.45) is 0. The number of benzene rings is 2. The van der Waals surface area contributed by atoms with Crippen LogP contribution in [-0.4, -0.2) is 5.11 Å². The van der Waals surface area contributed by atoms with Gasteiger partial charge in [-0.15, -0.1) is 0 Å². The number of nitrogens with zero attached hydrogens (tertiary/aromatic N) is 2. The third-order valence-electron chi connectivity index (χ3n) is 2.49. The van der Waals surface area contributed by atoms with Crippen molar-refractivity contribution in [1.29, 1.82) is 0 Å². The van der Waals surface area contributed by atoms with Gasteiger partial charge in [-0.1, -0.05) is 42.5 Å². The van der Waals surface area contributed by atoms with Crippen LogP contribution in [0, 0.1) is 6.92 Å². The summed E-state index contributed by atoms with van der Waals surface area (Å²) in [5.41, 5.74) is 2.42. The van der Waals surface area contributed by atoms with E-state index < -0.39 is 20.8 Å². The van der Waals surface area contributed by atoms with Gasteiger partial charge in [0.15, 0.2) is 0 Å². The Balaban J connectivity index is 0.000000612. The molecule has 2 aromatic carbocycles. The normalized spacial score (nSPS) is 9.95. The van der Waals surface area contributed by atoms with Crippen molar-refractivity contribution in [3.63, 3.8) is 0 Å². The first-order chi connectivity index (χ1) is 9.69. The molecule has 0 radical (unpaired) electrons. The maximum absolute atomic E-state index is 9.74. The molecular formula is C14H14Cl2N2OZr. The van der Waals surface area contributed by atoms with Crippen molar-refractivity contribution in [2.24, 2.45) is 10.2 Å². The molecule has 0 fully saturated rings. The van der Waals surface area contributed by atoms with Gasteiger partial charge in [0.05, 0.1) is 6.54 Å². The number of aromatic hydroxyl groups is 1. The topological polar surface area (TPSA) is 45.0 Å². The molecule has 2 rings (SSSR count). The fourth-order valence-electron chi connectivity index (χ4n) is 1.50. The number of rotatable bonds is 3. The van der Waals surface area contributed by atoms with E-state index in [0.717, 1.165) is 11.1 Å². The maximum atomic E-state index is 9.74. The predicted molar refractivity (Wildman–Crippen MR) is 79.2 cm³/mol. The standard InChI is InChI=1S/C14H14N2O.2ClH.Zr/c1-11-6-5-9-13(14(11)17)16-15-10-12-7-3-2-4-8-12;;;/h2-9,17H,10H2,1H3;2*1H;/q;;;+2/p-2. The zero-order valence-electron chi connectivity index (χ0n) is 10.9.